The van der Waals surface area contributed by atoms with Crippen molar-refractivity contribution in [2.75, 3.05) is 20.1 Å². The molecule has 0 fully saturated rings. The Labute approximate surface area is 119 Å². The Hall–Kier alpha value is -1.91. The Kier molecular flexibility index (Phi) is 6.70. The summed E-state index contributed by atoms with van der Waals surface area (Å²) in [7, 11) is 1.73. The monoisotopic (exact) mass is 280 g/mol. The van der Waals surface area contributed by atoms with Crippen molar-refractivity contribution < 1.29 is 14.0 Å². The molecule has 2 amide bonds. The van der Waals surface area contributed by atoms with Crippen molar-refractivity contribution in [3.63, 3.8) is 0 Å². The van der Waals surface area contributed by atoms with E-state index < -0.39 is 0 Å². The van der Waals surface area contributed by atoms with Crippen LogP contribution in [0.5, 0.6) is 0 Å². The number of nitrogens with one attached hydrogen (secondary N) is 1. The predicted molar refractivity (Wildman–Crippen MR) is 75.7 cm³/mol. The molecular formula is C15H21FN2O2. The van der Waals surface area contributed by atoms with Crippen LogP contribution in [-0.4, -0.2) is 36.9 Å². The van der Waals surface area contributed by atoms with Gasteiger partial charge in [0.05, 0.1) is 13.0 Å². The lowest BCUT2D eigenvalue weighted by molar-refractivity contribution is -0.131. The van der Waals surface area contributed by atoms with Crippen molar-refractivity contribution >= 4 is 11.8 Å². The molecule has 0 unspecified atom stereocenters. The minimum Gasteiger partial charge on any atom is -0.347 e. The van der Waals surface area contributed by atoms with Crippen LogP contribution in [0, 0.1) is 5.82 Å². The van der Waals surface area contributed by atoms with E-state index in [1.54, 1.807) is 24.1 Å². The summed E-state index contributed by atoms with van der Waals surface area (Å²) in [6.45, 7) is 2.76. The molecule has 110 valence electrons. The van der Waals surface area contributed by atoms with Gasteiger partial charge in [0.2, 0.25) is 11.8 Å². The van der Waals surface area contributed by atoms with Gasteiger partial charge in [-0.25, -0.2) is 4.39 Å². The molecule has 0 radical (unpaired) electrons. The molecule has 0 aliphatic rings. The first-order valence-corrected chi connectivity index (χ1v) is 6.78. The third-order valence-corrected chi connectivity index (χ3v) is 2.99. The van der Waals surface area contributed by atoms with E-state index in [2.05, 4.69) is 12.2 Å². The fraction of sp³-hybridized carbons (Fsp3) is 0.467. The minimum atomic E-state index is -0.332. The van der Waals surface area contributed by atoms with Crippen molar-refractivity contribution in [3.05, 3.63) is 35.6 Å². The van der Waals surface area contributed by atoms with Crippen LogP contribution in [0.4, 0.5) is 4.39 Å². The van der Waals surface area contributed by atoms with Crippen LogP contribution in [0.1, 0.15) is 25.3 Å². The van der Waals surface area contributed by atoms with Crippen LogP contribution in [0.25, 0.3) is 0 Å². The van der Waals surface area contributed by atoms with E-state index in [1.807, 2.05) is 0 Å². The number of hydrogen-bond donors (Lipinski definition) is 1. The summed E-state index contributed by atoms with van der Waals surface area (Å²) in [5, 5.41) is 2.58. The van der Waals surface area contributed by atoms with Gasteiger partial charge in [-0.05, 0) is 24.1 Å². The maximum absolute atomic E-state index is 12.7. The third kappa shape index (κ3) is 5.82. The quantitative estimate of drug-likeness (QED) is 0.827. The number of halogens is 1. The zero-order chi connectivity index (χ0) is 15.0. The van der Waals surface area contributed by atoms with Crippen molar-refractivity contribution in [1.82, 2.24) is 10.2 Å². The van der Waals surface area contributed by atoms with Gasteiger partial charge in [0, 0.05) is 13.6 Å². The number of benzene rings is 1. The number of rotatable bonds is 7. The molecule has 5 heteroatoms. The molecule has 1 N–H and O–H groups in total. The maximum atomic E-state index is 12.7. The normalized spacial score (nSPS) is 10.2. The SMILES string of the molecule is CCCCN(C)C(=O)CNC(=O)Cc1ccc(F)cc1. The number of amides is 2. The fourth-order valence-corrected chi connectivity index (χ4v) is 1.68. The lowest BCUT2D eigenvalue weighted by Gasteiger charge is -2.16. The third-order valence-electron chi connectivity index (χ3n) is 2.99. The molecule has 1 rings (SSSR count). The topological polar surface area (TPSA) is 49.4 Å². The summed E-state index contributed by atoms with van der Waals surface area (Å²) in [6.07, 6.45) is 2.12. The second-order valence-corrected chi connectivity index (χ2v) is 4.75. The molecule has 0 saturated carbocycles. The summed E-state index contributed by atoms with van der Waals surface area (Å²) in [4.78, 5) is 25.0. The van der Waals surface area contributed by atoms with Gasteiger partial charge < -0.3 is 10.2 Å². The van der Waals surface area contributed by atoms with Crippen molar-refractivity contribution in [2.45, 2.75) is 26.2 Å². The predicted octanol–water partition coefficient (Wildman–Crippen LogP) is 1.74. The van der Waals surface area contributed by atoms with Gasteiger partial charge in [-0.2, -0.15) is 0 Å². The highest BCUT2D eigenvalue weighted by atomic mass is 19.1. The van der Waals surface area contributed by atoms with Gasteiger partial charge in [0.1, 0.15) is 5.82 Å². The summed E-state index contributed by atoms with van der Waals surface area (Å²) in [5.74, 6) is -0.679. The van der Waals surface area contributed by atoms with E-state index >= 15 is 0 Å². The highest BCUT2D eigenvalue weighted by Crippen LogP contribution is 2.03. The fourth-order valence-electron chi connectivity index (χ4n) is 1.68. The number of hydrogen-bond acceptors (Lipinski definition) is 2. The van der Waals surface area contributed by atoms with Gasteiger partial charge in [-0.15, -0.1) is 0 Å². The number of nitrogens with zero attached hydrogens (tertiary/aromatic N) is 1. The summed E-state index contributed by atoms with van der Waals surface area (Å²) in [6, 6.07) is 5.74. The number of carbonyl (C=O) groups is 2. The molecule has 0 aliphatic heterocycles. The zero-order valence-electron chi connectivity index (χ0n) is 12.0. The van der Waals surface area contributed by atoms with E-state index in [9.17, 15) is 14.0 Å². The van der Waals surface area contributed by atoms with Gasteiger partial charge in [0.25, 0.3) is 0 Å². The molecule has 1 aromatic rings. The average Bonchev–Trinajstić information content (AvgIpc) is 2.44. The number of unbranched alkanes of at least 4 members (excludes halogenated alkanes) is 1. The lowest BCUT2D eigenvalue weighted by Crippen LogP contribution is -2.39. The van der Waals surface area contributed by atoms with Crippen LogP contribution in [0.2, 0.25) is 0 Å². The van der Waals surface area contributed by atoms with Gasteiger partial charge in [-0.3, -0.25) is 9.59 Å². The highest BCUT2D eigenvalue weighted by molar-refractivity contribution is 5.85. The molecule has 0 bridgehead atoms. The summed E-state index contributed by atoms with van der Waals surface area (Å²) in [5.41, 5.74) is 0.718. The second-order valence-electron chi connectivity index (χ2n) is 4.75. The molecule has 0 aromatic heterocycles. The molecule has 20 heavy (non-hydrogen) atoms. The highest BCUT2D eigenvalue weighted by Gasteiger charge is 2.10. The molecule has 0 aliphatic carbocycles. The smallest absolute Gasteiger partial charge is 0.241 e. The van der Waals surface area contributed by atoms with Gasteiger partial charge in [0.15, 0.2) is 0 Å². The van der Waals surface area contributed by atoms with Crippen LogP contribution in [0.15, 0.2) is 24.3 Å². The van der Waals surface area contributed by atoms with Crippen molar-refractivity contribution in [1.29, 1.82) is 0 Å². The van der Waals surface area contributed by atoms with Crippen LogP contribution < -0.4 is 5.32 Å². The van der Waals surface area contributed by atoms with E-state index in [4.69, 9.17) is 0 Å². The van der Waals surface area contributed by atoms with Gasteiger partial charge in [-0.1, -0.05) is 25.5 Å². The minimum absolute atomic E-state index is 0.000240. The average molecular weight is 280 g/mol. The van der Waals surface area contributed by atoms with E-state index in [1.165, 1.54) is 12.1 Å². The van der Waals surface area contributed by atoms with Crippen LogP contribution in [0.3, 0.4) is 0 Å². The molecule has 1 aromatic carbocycles. The Morgan fingerprint density at radius 1 is 1.25 bits per heavy atom. The Morgan fingerprint density at radius 2 is 1.90 bits per heavy atom. The molecule has 0 heterocycles. The maximum Gasteiger partial charge on any atom is 0.241 e. The summed E-state index contributed by atoms with van der Waals surface area (Å²) < 4.78 is 12.7. The number of likely N-dealkylation sites (N-methyl/N-ethyl adjacent to an activating group) is 1. The Balaban J connectivity index is 2.32. The van der Waals surface area contributed by atoms with Crippen molar-refractivity contribution in [2.24, 2.45) is 0 Å². The molecule has 0 spiro atoms. The van der Waals surface area contributed by atoms with E-state index in [0.717, 1.165) is 18.4 Å². The Morgan fingerprint density at radius 3 is 2.50 bits per heavy atom. The van der Waals surface area contributed by atoms with Crippen LogP contribution in [-0.2, 0) is 16.0 Å². The van der Waals surface area contributed by atoms with E-state index in [-0.39, 0.29) is 30.6 Å². The van der Waals surface area contributed by atoms with Crippen molar-refractivity contribution in [3.8, 4) is 0 Å². The summed E-state index contributed by atoms with van der Waals surface area (Å²) >= 11 is 0. The zero-order valence-corrected chi connectivity index (χ0v) is 12.0. The first-order chi connectivity index (χ1) is 9.52. The molecule has 0 saturated heterocycles. The largest absolute Gasteiger partial charge is 0.347 e. The Bertz CT molecular complexity index is 446. The first-order valence-electron chi connectivity index (χ1n) is 6.78. The van der Waals surface area contributed by atoms with E-state index in [0.29, 0.717) is 6.54 Å². The van der Waals surface area contributed by atoms with Gasteiger partial charge >= 0.3 is 0 Å². The number of carbonyl (C=O) groups excluding carboxylic acids is 2. The lowest BCUT2D eigenvalue weighted by atomic mass is 10.1. The standard InChI is InChI=1S/C15H21FN2O2/c1-3-4-9-18(2)15(20)11-17-14(19)10-12-5-7-13(16)8-6-12/h5-8H,3-4,9-11H2,1-2H3,(H,17,19). The molecular weight excluding hydrogens is 259 g/mol. The second kappa shape index (κ2) is 8.30. The first kappa shape index (κ1) is 16.1. The molecule has 0 atom stereocenters. The molecule has 4 nitrogen and oxygen atoms in total. The van der Waals surface area contributed by atoms with Crippen LogP contribution >= 0.6 is 0 Å².